The standard InChI is InChI=1S/C18H19NO3/c20-18(21)19-11-15-3-1-2-4-17(15)14-7-9-16(10-8-14)22-12-13-5-6-13/h1-4,7-10,13,19H,5-6,11-12H2,(H,20,21). The van der Waals surface area contributed by atoms with Crippen molar-refractivity contribution < 1.29 is 14.6 Å². The minimum absolute atomic E-state index is 0.297. The van der Waals surface area contributed by atoms with Crippen LogP contribution in [-0.4, -0.2) is 17.8 Å². The Balaban J connectivity index is 1.73. The summed E-state index contributed by atoms with van der Waals surface area (Å²) in [5.41, 5.74) is 3.04. The Hall–Kier alpha value is -2.49. The van der Waals surface area contributed by atoms with Crippen molar-refractivity contribution in [2.45, 2.75) is 19.4 Å². The number of hydrogen-bond donors (Lipinski definition) is 2. The van der Waals surface area contributed by atoms with Crippen LogP contribution in [0, 0.1) is 5.92 Å². The molecule has 0 aromatic heterocycles. The third-order valence-corrected chi connectivity index (χ3v) is 3.80. The van der Waals surface area contributed by atoms with Gasteiger partial charge >= 0.3 is 6.09 Å². The molecule has 2 aromatic carbocycles. The van der Waals surface area contributed by atoms with Gasteiger partial charge in [-0.1, -0.05) is 36.4 Å². The summed E-state index contributed by atoms with van der Waals surface area (Å²) >= 11 is 0. The molecule has 2 N–H and O–H groups in total. The van der Waals surface area contributed by atoms with E-state index < -0.39 is 6.09 Å². The molecular formula is C18H19NO3. The van der Waals surface area contributed by atoms with E-state index in [0.717, 1.165) is 35.0 Å². The van der Waals surface area contributed by atoms with Crippen molar-refractivity contribution in [1.82, 2.24) is 5.32 Å². The number of rotatable bonds is 6. The van der Waals surface area contributed by atoms with Crippen LogP contribution in [0.1, 0.15) is 18.4 Å². The molecule has 0 unspecified atom stereocenters. The number of carbonyl (C=O) groups is 1. The quantitative estimate of drug-likeness (QED) is 0.850. The molecule has 0 spiro atoms. The first-order valence-corrected chi connectivity index (χ1v) is 7.50. The van der Waals surface area contributed by atoms with Gasteiger partial charge in [0.05, 0.1) is 6.61 Å². The number of amides is 1. The van der Waals surface area contributed by atoms with Crippen LogP contribution in [0.4, 0.5) is 4.79 Å². The lowest BCUT2D eigenvalue weighted by Crippen LogP contribution is -2.20. The van der Waals surface area contributed by atoms with Crippen molar-refractivity contribution in [2.24, 2.45) is 5.92 Å². The summed E-state index contributed by atoms with van der Waals surface area (Å²) in [7, 11) is 0. The monoisotopic (exact) mass is 297 g/mol. The first kappa shape index (κ1) is 14.4. The second kappa shape index (κ2) is 6.52. The van der Waals surface area contributed by atoms with Crippen LogP contribution in [0.5, 0.6) is 5.75 Å². The lowest BCUT2D eigenvalue weighted by molar-refractivity contribution is 0.194. The van der Waals surface area contributed by atoms with Crippen molar-refractivity contribution in [3.05, 3.63) is 54.1 Å². The zero-order chi connectivity index (χ0) is 15.4. The van der Waals surface area contributed by atoms with Gasteiger partial charge in [0.2, 0.25) is 0 Å². The number of benzene rings is 2. The highest BCUT2D eigenvalue weighted by atomic mass is 16.5. The number of carboxylic acid groups (broad SMARTS) is 1. The van der Waals surface area contributed by atoms with E-state index in [1.54, 1.807) is 0 Å². The summed E-state index contributed by atoms with van der Waals surface area (Å²) in [5, 5.41) is 11.2. The molecule has 1 aliphatic rings. The molecule has 2 aromatic rings. The van der Waals surface area contributed by atoms with Gasteiger partial charge in [0.1, 0.15) is 5.75 Å². The van der Waals surface area contributed by atoms with Gasteiger partial charge in [-0.15, -0.1) is 0 Å². The normalized spacial score (nSPS) is 13.6. The highest BCUT2D eigenvalue weighted by molar-refractivity contribution is 5.69. The molecule has 114 valence electrons. The van der Waals surface area contributed by atoms with E-state index in [-0.39, 0.29) is 0 Å². The SMILES string of the molecule is O=C(O)NCc1ccccc1-c1ccc(OCC2CC2)cc1. The third-order valence-electron chi connectivity index (χ3n) is 3.80. The van der Waals surface area contributed by atoms with Gasteiger partial charge in [-0.05, 0) is 47.6 Å². The fourth-order valence-electron chi connectivity index (χ4n) is 2.36. The lowest BCUT2D eigenvalue weighted by atomic mass is 9.99. The lowest BCUT2D eigenvalue weighted by Gasteiger charge is -2.11. The summed E-state index contributed by atoms with van der Waals surface area (Å²) in [4.78, 5) is 10.7. The molecular weight excluding hydrogens is 278 g/mol. The van der Waals surface area contributed by atoms with Crippen molar-refractivity contribution in [2.75, 3.05) is 6.61 Å². The van der Waals surface area contributed by atoms with Crippen molar-refractivity contribution in [1.29, 1.82) is 0 Å². The van der Waals surface area contributed by atoms with Crippen molar-refractivity contribution >= 4 is 6.09 Å². The topological polar surface area (TPSA) is 58.6 Å². The molecule has 0 atom stereocenters. The van der Waals surface area contributed by atoms with Gasteiger partial charge in [-0.2, -0.15) is 0 Å². The number of ether oxygens (including phenoxy) is 1. The average Bonchev–Trinajstić information content (AvgIpc) is 3.36. The molecule has 1 fully saturated rings. The highest BCUT2D eigenvalue weighted by Crippen LogP contribution is 2.30. The van der Waals surface area contributed by atoms with Crippen LogP contribution >= 0.6 is 0 Å². The van der Waals surface area contributed by atoms with Crippen LogP contribution in [-0.2, 0) is 6.54 Å². The minimum Gasteiger partial charge on any atom is -0.493 e. The van der Waals surface area contributed by atoms with E-state index in [1.807, 2.05) is 48.5 Å². The van der Waals surface area contributed by atoms with Gasteiger partial charge in [0, 0.05) is 6.54 Å². The van der Waals surface area contributed by atoms with Crippen molar-refractivity contribution in [3.63, 3.8) is 0 Å². The van der Waals surface area contributed by atoms with E-state index in [0.29, 0.717) is 6.54 Å². The van der Waals surface area contributed by atoms with Gasteiger partial charge in [0.25, 0.3) is 0 Å². The maximum absolute atomic E-state index is 10.7. The van der Waals surface area contributed by atoms with Gasteiger partial charge < -0.3 is 15.2 Å². The Morgan fingerprint density at radius 2 is 1.86 bits per heavy atom. The molecule has 4 nitrogen and oxygen atoms in total. The third kappa shape index (κ3) is 3.79. The predicted molar refractivity (Wildman–Crippen MR) is 85.0 cm³/mol. The van der Waals surface area contributed by atoms with Gasteiger partial charge in [-0.3, -0.25) is 0 Å². The molecule has 4 heteroatoms. The molecule has 0 heterocycles. The Labute approximate surface area is 129 Å². The molecule has 1 saturated carbocycles. The Kier molecular flexibility index (Phi) is 4.28. The van der Waals surface area contributed by atoms with Gasteiger partial charge in [-0.25, -0.2) is 4.79 Å². The van der Waals surface area contributed by atoms with E-state index in [9.17, 15) is 4.79 Å². The summed E-state index contributed by atoms with van der Waals surface area (Å²) in [5.74, 6) is 1.62. The summed E-state index contributed by atoms with van der Waals surface area (Å²) in [6, 6.07) is 15.8. The second-order valence-electron chi connectivity index (χ2n) is 5.59. The van der Waals surface area contributed by atoms with Crippen molar-refractivity contribution in [3.8, 4) is 16.9 Å². The number of nitrogens with one attached hydrogen (secondary N) is 1. The minimum atomic E-state index is -1.02. The molecule has 0 aliphatic heterocycles. The molecule has 3 rings (SSSR count). The predicted octanol–water partition coefficient (Wildman–Crippen LogP) is 3.91. The van der Waals surface area contributed by atoms with E-state index in [4.69, 9.17) is 9.84 Å². The van der Waals surface area contributed by atoms with Crippen LogP contribution in [0.15, 0.2) is 48.5 Å². The maximum Gasteiger partial charge on any atom is 0.404 e. The largest absolute Gasteiger partial charge is 0.493 e. The second-order valence-corrected chi connectivity index (χ2v) is 5.59. The number of hydrogen-bond acceptors (Lipinski definition) is 2. The Morgan fingerprint density at radius 1 is 1.14 bits per heavy atom. The molecule has 0 radical (unpaired) electrons. The fourth-order valence-corrected chi connectivity index (χ4v) is 2.36. The van der Waals surface area contributed by atoms with Crippen LogP contribution in [0.25, 0.3) is 11.1 Å². The van der Waals surface area contributed by atoms with E-state index in [2.05, 4.69) is 5.32 Å². The first-order valence-electron chi connectivity index (χ1n) is 7.50. The Morgan fingerprint density at radius 3 is 2.55 bits per heavy atom. The fraction of sp³-hybridized carbons (Fsp3) is 0.278. The molecule has 1 amide bonds. The van der Waals surface area contributed by atoms with Crippen LogP contribution < -0.4 is 10.1 Å². The summed E-state index contributed by atoms with van der Waals surface area (Å²) < 4.78 is 5.74. The zero-order valence-corrected chi connectivity index (χ0v) is 12.3. The van der Waals surface area contributed by atoms with Gasteiger partial charge in [0.15, 0.2) is 0 Å². The van der Waals surface area contributed by atoms with Crippen LogP contribution in [0.3, 0.4) is 0 Å². The molecule has 22 heavy (non-hydrogen) atoms. The smallest absolute Gasteiger partial charge is 0.404 e. The highest BCUT2D eigenvalue weighted by Gasteiger charge is 2.21. The molecule has 0 bridgehead atoms. The first-order chi connectivity index (χ1) is 10.7. The summed E-state index contributed by atoms with van der Waals surface area (Å²) in [6.07, 6.45) is 1.54. The van der Waals surface area contributed by atoms with Crippen LogP contribution in [0.2, 0.25) is 0 Å². The maximum atomic E-state index is 10.7. The summed E-state index contributed by atoms with van der Waals surface area (Å²) in [6.45, 7) is 1.10. The zero-order valence-electron chi connectivity index (χ0n) is 12.3. The van der Waals surface area contributed by atoms with E-state index >= 15 is 0 Å². The van der Waals surface area contributed by atoms with E-state index in [1.165, 1.54) is 12.8 Å². The average molecular weight is 297 g/mol. The Bertz CT molecular complexity index is 648. The molecule has 1 aliphatic carbocycles. The molecule has 0 saturated heterocycles.